The molecule has 106 valence electrons. The molecule has 0 radical (unpaired) electrons. The summed E-state index contributed by atoms with van der Waals surface area (Å²) in [5.41, 5.74) is 1.84. The van der Waals surface area contributed by atoms with Gasteiger partial charge < -0.3 is 5.32 Å². The Morgan fingerprint density at radius 1 is 1.26 bits per heavy atom. The van der Waals surface area contributed by atoms with Crippen LogP contribution in [0.4, 0.5) is 0 Å². The molecule has 1 aromatic carbocycles. The number of rotatable bonds is 6. The highest BCUT2D eigenvalue weighted by Crippen LogP contribution is 2.57. The summed E-state index contributed by atoms with van der Waals surface area (Å²) in [6.45, 7) is 8.04. The van der Waals surface area contributed by atoms with Crippen LogP contribution in [0.3, 0.4) is 0 Å². The summed E-state index contributed by atoms with van der Waals surface area (Å²) in [4.78, 5) is 0. The molecule has 1 aliphatic carbocycles. The van der Waals surface area contributed by atoms with Gasteiger partial charge in [0, 0.05) is 11.1 Å². The first-order valence-electron chi connectivity index (χ1n) is 7.66. The quantitative estimate of drug-likeness (QED) is 0.772. The van der Waals surface area contributed by atoms with Gasteiger partial charge in [-0.1, -0.05) is 44.5 Å². The fourth-order valence-corrected chi connectivity index (χ4v) is 4.02. The number of hydrogen-bond acceptors (Lipinski definition) is 1. The number of nitrogens with one attached hydrogen (secondary N) is 1. The van der Waals surface area contributed by atoms with Crippen molar-refractivity contribution in [2.45, 2.75) is 58.4 Å². The molecule has 0 saturated heterocycles. The summed E-state index contributed by atoms with van der Waals surface area (Å²) in [6, 6.07) is 9.12. The first kappa shape index (κ1) is 14.9. The van der Waals surface area contributed by atoms with Gasteiger partial charge in [-0.2, -0.15) is 0 Å². The third-order valence-electron chi connectivity index (χ3n) is 5.07. The lowest BCUT2D eigenvalue weighted by molar-refractivity contribution is 0.0202. The Hall–Kier alpha value is -0.530. The van der Waals surface area contributed by atoms with Crippen LogP contribution in [0.25, 0.3) is 0 Å². The molecule has 1 N–H and O–H groups in total. The first-order chi connectivity index (χ1) is 9.17. The molecule has 2 atom stereocenters. The summed E-state index contributed by atoms with van der Waals surface area (Å²) < 4.78 is 0. The second-order valence-electron chi connectivity index (χ2n) is 5.79. The molecule has 0 heterocycles. The van der Waals surface area contributed by atoms with E-state index in [0.29, 0.717) is 17.4 Å². The Morgan fingerprint density at radius 2 is 2.00 bits per heavy atom. The van der Waals surface area contributed by atoms with Crippen LogP contribution in [-0.4, -0.2) is 12.6 Å². The summed E-state index contributed by atoms with van der Waals surface area (Å²) in [5.74, 6) is 0.663. The molecule has 1 nitrogen and oxygen atoms in total. The predicted molar refractivity (Wildman–Crippen MR) is 83.9 cm³/mol. The summed E-state index contributed by atoms with van der Waals surface area (Å²) in [6.07, 6.45) is 4.94. The third-order valence-corrected chi connectivity index (χ3v) is 5.30. The number of halogens is 1. The molecule has 19 heavy (non-hydrogen) atoms. The minimum Gasteiger partial charge on any atom is -0.313 e. The van der Waals surface area contributed by atoms with E-state index >= 15 is 0 Å². The number of hydrogen-bond donors (Lipinski definition) is 1. The van der Waals surface area contributed by atoms with Crippen LogP contribution in [0.2, 0.25) is 5.02 Å². The van der Waals surface area contributed by atoms with Crippen LogP contribution in [0.1, 0.15) is 57.9 Å². The minimum absolute atomic E-state index is 0.417. The van der Waals surface area contributed by atoms with Crippen molar-refractivity contribution in [2.24, 2.45) is 5.41 Å². The van der Waals surface area contributed by atoms with Gasteiger partial charge in [0.2, 0.25) is 0 Å². The van der Waals surface area contributed by atoms with Crippen molar-refractivity contribution >= 4 is 11.6 Å². The second kappa shape index (κ2) is 6.28. The Labute approximate surface area is 122 Å². The zero-order valence-corrected chi connectivity index (χ0v) is 13.1. The maximum absolute atomic E-state index is 6.15. The summed E-state index contributed by atoms with van der Waals surface area (Å²) in [7, 11) is 0. The van der Waals surface area contributed by atoms with Gasteiger partial charge >= 0.3 is 0 Å². The molecule has 0 spiro atoms. The zero-order valence-electron chi connectivity index (χ0n) is 12.4. The van der Waals surface area contributed by atoms with Gasteiger partial charge in [0.1, 0.15) is 0 Å². The molecule has 1 aliphatic rings. The topological polar surface area (TPSA) is 12.0 Å². The van der Waals surface area contributed by atoms with Crippen molar-refractivity contribution < 1.29 is 0 Å². The largest absolute Gasteiger partial charge is 0.313 e. The van der Waals surface area contributed by atoms with Gasteiger partial charge in [0.25, 0.3) is 0 Å². The van der Waals surface area contributed by atoms with E-state index < -0.39 is 0 Å². The minimum atomic E-state index is 0.417. The van der Waals surface area contributed by atoms with E-state index in [1.54, 1.807) is 0 Å². The van der Waals surface area contributed by atoms with Crippen LogP contribution >= 0.6 is 11.6 Å². The van der Waals surface area contributed by atoms with E-state index in [-0.39, 0.29) is 0 Å². The summed E-state index contributed by atoms with van der Waals surface area (Å²) in [5, 5.41) is 4.61. The highest BCUT2D eigenvalue weighted by Gasteiger charge is 2.52. The standard InChI is InChI=1S/C17H26ClN/c1-4-10-19-16-12-15(17(16,5-2)6-3)13-8-7-9-14(18)11-13/h7-9,11,15-16,19H,4-6,10,12H2,1-3H3. The van der Waals surface area contributed by atoms with E-state index in [9.17, 15) is 0 Å². The lowest BCUT2D eigenvalue weighted by atomic mass is 9.52. The molecule has 2 unspecified atom stereocenters. The highest BCUT2D eigenvalue weighted by molar-refractivity contribution is 6.30. The van der Waals surface area contributed by atoms with E-state index in [2.05, 4.69) is 44.3 Å². The van der Waals surface area contributed by atoms with Crippen molar-refractivity contribution in [3.63, 3.8) is 0 Å². The Morgan fingerprint density at radius 3 is 2.58 bits per heavy atom. The molecular weight excluding hydrogens is 254 g/mol. The molecular formula is C17H26ClN. The van der Waals surface area contributed by atoms with Gasteiger partial charge in [0.05, 0.1) is 0 Å². The van der Waals surface area contributed by atoms with Gasteiger partial charge in [-0.25, -0.2) is 0 Å². The molecule has 0 aliphatic heterocycles. The average Bonchev–Trinajstić information content (AvgIpc) is 2.39. The second-order valence-corrected chi connectivity index (χ2v) is 6.23. The normalized spacial score (nSPS) is 25.1. The van der Waals surface area contributed by atoms with E-state index in [0.717, 1.165) is 11.6 Å². The molecule has 0 aromatic heterocycles. The fourth-order valence-electron chi connectivity index (χ4n) is 3.82. The monoisotopic (exact) mass is 279 g/mol. The van der Waals surface area contributed by atoms with Crippen LogP contribution in [0.5, 0.6) is 0 Å². The highest BCUT2D eigenvalue weighted by atomic mass is 35.5. The van der Waals surface area contributed by atoms with Gasteiger partial charge in [0.15, 0.2) is 0 Å². The zero-order chi connectivity index (χ0) is 13.9. The Kier molecular flexibility index (Phi) is 4.92. The molecule has 1 saturated carbocycles. The fraction of sp³-hybridized carbons (Fsp3) is 0.647. The van der Waals surface area contributed by atoms with Gasteiger partial charge in [-0.05, 0) is 61.3 Å². The van der Waals surface area contributed by atoms with E-state index in [1.165, 1.54) is 31.2 Å². The maximum Gasteiger partial charge on any atom is 0.0408 e. The summed E-state index contributed by atoms with van der Waals surface area (Å²) >= 11 is 6.15. The third kappa shape index (κ3) is 2.68. The molecule has 0 bridgehead atoms. The van der Waals surface area contributed by atoms with Crippen LogP contribution in [-0.2, 0) is 0 Å². The van der Waals surface area contributed by atoms with Crippen molar-refractivity contribution in [2.75, 3.05) is 6.54 Å². The van der Waals surface area contributed by atoms with Crippen LogP contribution in [0, 0.1) is 5.41 Å². The predicted octanol–water partition coefficient (Wildman–Crippen LogP) is 5.00. The SMILES string of the molecule is CCCNC1CC(c2cccc(Cl)c2)C1(CC)CC. The lowest BCUT2D eigenvalue weighted by Crippen LogP contribution is -2.58. The van der Waals surface area contributed by atoms with Gasteiger partial charge in [-0.15, -0.1) is 0 Å². The molecule has 1 aromatic rings. The van der Waals surface area contributed by atoms with Crippen molar-refractivity contribution in [1.29, 1.82) is 0 Å². The smallest absolute Gasteiger partial charge is 0.0408 e. The molecule has 1 fully saturated rings. The maximum atomic E-state index is 6.15. The average molecular weight is 280 g/mol. The molecule has 2 rings (SSSR count). The van der Waals surface area contributed by atoms with Crippen molar-refractivity contribution in [1.82, 2.24) is 5.32 Å². The Bertz CT molecular complexity index is 411. The molecule has 2 heteroatoms. The van der Waals surface area contributed by atoms with Crippen LogP contribution in [0.15, 0.2) is 24.3 Å². The van der Waals surface area contributed by atoms with Crippen molar-refractivity contribution in [3.05, 3.63) is 34.9 Å². The molecule has 0 amide bonds. The first-order valence-corrected chi connectivity index (χ1v) is 8.04. The Balaban J connectivity index is 2.18. The van der Waals surface area contributed by atoms with E-state index in [4.69, 9.17) is 11.6 Å². The van der Waals surface area contributed by atoms with E-state index in [1.807, 2.05) is 6.07 Å². The van der Waals surface area contributed by atoms with Crippen LogP contribution < -0.4 is 5.32 Å². The number of benzene rings is 1. The lowest BCUT2D eigenvalue weighted by Gasteiger charge is -2.57. The van der Waals surface area contributed by atoms with Gasteiger partial charge in [-0.3, -0.25) is 0 Å². The van der Waals surface area contributed by atoms with Crippen molar-refractivity contribution in [3.8, 4) is 0 Å².